The molecule has 6 rings (SSSR count). The van der Waals surface area contributed by atoms with E-state index >= 15 is 0 Å². The first-order valence-electron chi connectivity index (χ1n) is 21.4. The Labute approximate surface area is 360 Å². The number of piperidine rings is 1. The summed E-state index contributed by atoms with van der Waals surface area (Å²) < 4.78 is 17.9. The van der Waals surface area contributed by atoms with Gasteiger partial charge in [-0.1, -0.05) is 58.9 Å². The molecule has 1 amide bonds. The average Bonchev–Trinajstić information content (AvgIpc) is 3.56. The zero-order chi connectivity index (χ0) is 45.5. The second kappa shape index (κ2) is 18.3. The molecule has 0 aliphatic carbocycles. The van der Waals surface area contributed by atoms with E-state index in [1.54, 1.807) is 58.9 Å². The van der Waals surface area contributed by atoms with Gasteiger partial charge in [0.1, 0.15) is 34.6 Å². The highest BCUT2D eigenvalue weighted by Crippen LogP contribution is 2.39. The molecular weight excluding hydrogens is 795 g/mol. The Morgan fingerprint density at radius 1 is 0.952 bits per heavy atom. The van der Waals surface area contributed by atoms with Crippen LogP contribution < -0.4 is 31.0 Å². The van der Waals surface area contributed by atoms with Crippen LogP contribution in [0.15, 0.2) is 62.6 Å². The number of phenols is 1. The number of amides is 1. The Bertz CT molecular complexity index is 2660. The van der Waals surface area contributed by atoms with Crippen LogP contribution in [0.1, 0.15) is 80.2 Å². The Hall–Kier alpha value is -5.73. The number of fused-ring (bicyclic) bond motifs is 6. The van der Waals surface area contributed by atoms with Gasteiger partial charge in [-0.3, -0.25) is 19.2 Å². The van der Waals surface area contributed by atoms with Gasteiger partial charge in [-0.05, 0) is 51.9 Å². The van der Waals surface area contributed by atoms with Crippen LogP contribution in [-0.4, -0.2) is 74.8 Å². The number of benzene rings is 3. The number of aromatic nitrogens is 1. The summed E-state index contributed by atoms with van der Waals surface area (Å²) in [6.45, 7) is 20.5. The third-order valence-corrected chi connectivity index (χ3v) is 13.0. The zero-order valence-electron chi connectivity index (χ0n) is 36.9. The minimum atomic E-state index is -1.03. The van der Waals surface area contributed by atoms with E-state index in [0.29, 0.717) is 5.69 Å². The van der Waals surface area contributed by atoms with E-state index in [0.717, 1.165) is 32.4 Å². The van der Waals surface area contributed by atoms with Crippen LogP contribution in [0, 0.1) is 36.5 Å². The van der Waals surface area contributed by atoms with Crippen molar-refractivity contribution in [1.29, 1.82) is 0 Å². The summed E-state index contributed by atoms with van der Waals surface area (Å²) in [6, 6.07) is 3.18. The number of allylic oxidation sites excluding steroid dienone is 3. The van der Waals surface area contributed by atoms with Crippen molar-refractivity contribution >= 4 is 62.0 Å². The van der Waals surface area contributed by atoms with Crippen LogP contribution >= 0.6 is 0 Å². The predicted octanol–water partition coefficient (Wildman–Crippen LogP) is 6.49. The summed E-state index contributed by atoms with van der Waals surface area (Å²) in [5.41, 5.74) is -0.708. The number of hydrogen-bond donors (Lipinski definition) is 5. The minimum Gasteiger partial charge on any atom is -0.508 e. The number of anilines is 2. The minimum absolute atomic E-state index is 0.00289. The van der Waals surface area contributed by atoms with Crippen molar-refractivity contribution in [3.05, 3.63) is 79.8 Å². The number of ether oxygens (including phenoxy) is 2. The fraction of sp³-hybridized carbons (Fsp3) is 0.479. The van der Waals surface area contributed by atoms with Crippen molar-refractivity contribution in [2.75, 3.05) is 23.3 Å². The standard InChI is InChI=1S/C48H59N3O11/c1-11-22(2)25(5)45(61-30(10)52)27(7)41(55)26(6)40(54)23(3)16-15-17-24(4)48(59)50-39-44(58)35-34(36-43(57)29(9)60-46(36)28(8)42(35)56)38-47(39)62-33-21-31(20-32(53)37(33)49-38)51-18-13-12-14-19-51/h11,15-17,20-23,25-27,29,40-41,45,54-57H,1,12-14,18-19H2,2-10H3,(H,50,59)/b16-15+,24-17-/t22-,23-,25+,26+,27+,29-,40-,41+,45+/m0/s1. The normalized spacial score (nSPS) is 19.7. The van der Waals surface area contributed by atoms with Gasteiger partial charge < -0.3 is 44.5 Å². The Kier molecular flexibility index (Phi) is 13.5. The number of aliphatic hydroxyl groups excluding tert-OH is 3. The van der Waals surface area contributed by atoms with Crippen LogP contribution in [0.25, 0.3) is 38.7 Å². The van der Waals surface area contributed by atoms with E-state index in [1.807, 2.05) is 13.8 Å². The first-order valence-corrected chi connectivity index (χ1v) is 21.4. The quantitative estimate of drug-likeness (QED) is 0.0230. The topological polar surface area (TPSA) is 209 Å². The summed E-state index contributed by atoms with van der Waals surface area (Å²) in [7, 11) is 0. The number of esters is 1. The maximum absolute atomic E-state index is 14.5. The number of carbonyl (C=O) groups excluding carboxylic acids is 2. The monoisotopic (exact) mass is 853 g/mol. The van der Waals surface area contributed by atoms with Crippen LogP contribution in [0.4, 0.5) is 11.4 Å². The van der Waals surface area contributed by atoms with Crippen molar-refractivity contribution < 1.29 is 43.9 Å². The van der Waals surface area contributed by atoms with Gasteiger partial charge in [0, 0.05) is 72.1 Å². The van der Waals surface area contributed by atoms with E-state index in [-0.39, 0.29) is 78.4 Å². The number of nitrogens with one attached hydrogen (secondary N) is 1. The molecule has 1 aromatic heterocycles. The Morgan fingerprint density at radius 2 is 1.63 bits per heavy atom. The molecule has 1 saturated heterocycles. The summed E-state index contributed by atoms with van der Waals surface area (Å²) >= 11 is 0. The number of hydrogen-bond acceptors (Lipinski definition) is 13. The number of rotatable bonds is 14. The third kappa shape index (κ3) is 8.54. The summed E-state index contributed by atoms with van der Waals surface area (Å²) in [6.07, 6.45) is 6.10. The molecule has 1 fully saturated rings. The highest BCUT2D eigenvalue weighted by molar-refractivity contribution is 6.16. The van der Waals surface area contributed by atoms with Gasteiger partial charge in [0.05, 0.1) is 22.8 Å². The number of phenolic OH excluding ortho intramolecular Hbond substituents is 1. The van der Waals surface area contributed by atoms with Crippen LogP contribution in [0.3, 0.4) is 0 Å². The number of aliphatic hydroxyl groups is 3. The zero-order valence-corrected chi connectivity index (χ0v) is 36.9. The summed E-state index contributed by atoms with van der Waals surface area (Å²) in [4.78, 5) is 60.8. The van der Waals surface area contributed by atoms with Crippen LogP contribution in [-0.2, 0) is 14.3 Å². The van der Waals surface area contributed by atoms with Crippen LogP contribution in [0.5, 0.6) is 11.5 Å². The molecule has 62 heavy (non-hydrogen) atoms. The van der Waals surface area contributed by atoms with Gasteiger partial charge in [-0.25, -0.2) is 4.98 Å². The maximum atomic E-state index is 14.5. The number of nitrogens with zero attached hydrogens (tertiary/aromatic N) is 2. The van der Waals surface area contributed by atoms with Crippen molar-refractivity contribution in [2.45, 2.75) is 106 Å². The summed E-state index contributed by atoms with van der Waals surface area (Å²) in [5, 5.41) is 48.0. The molecular formula is C48H59N3O11. The average molecular weight is 854 g/mol. The molecule has 14 nitrogen and oxygen atoms in total. The molecule has 0 radical (unpaired) electrons. The smallest absolute Gasteiger partial charge is 0.302 e. The highest BCUT2D eigenvalue weighted by Gasteiger charge is 2.38. The van der Waals surface area contributed by atoms with Gasteiger partial charge >= 0.3 is 5.97 Å². The first kappa shape index (κ1) is 45.8. The highest BCUT2D eigenvalue weighted by atomic mass is 16.5. The Balaban J connectivity index is 1.35. The molecule has 0 spiro atoms. The molecule has 2 aliphatic heterocycles. The summed E-state index contributed by atoms with van der Waals surface area (Å²) in [5.74, 6) is -3.39. The lowest BCUT2D eigenvalue weighted by Crippen LogP contribution is -2.45. The van der Waals surface area contributed by atoms with Crippen molar-refractivity contribution in [2.24, 2.45) is 29.6 Å². The largest absolute Gasteiger partial charge is 0.508 e. The fourth-order valence-electron chi connectivity index (χ4n) is 8.75. The van der Waals surface area contributed by atoms with Gasteiger partial charge in [0.2, 0.25) is 10.9 Å². The van der Waals surface area contributed by atoms with Crippen molar-refractivity contribution in [1.82, 2.24) is 4.98 Å². The third-order valence-electron chi connectivity index (χ3n) is 13.0. The van der Waals surface area contributed by atoms with E-state index in [1.165, 1.54) is 26.0 Å². The maximum Gasteiger partial charge on any atom is 0.302 e. The van der Waals surface area contributed by atoms with Gasteiger partial charge in [-0.2, -0.15) is 0 Å². The first-order chi connectivity index (χ1) is 29.3. The van der Waals surface area contributed by atoms with E-state index in [9.17, 15) is 39.6 Å². The molecule has 14 heteroatoms. The molecule has 0 bridgehead atoms. The number of carbonyl (C=O) groups is 2. The lowest BCUT2D eigenvalue weighted by Gasteiger charge is -2.37. The molecule has 3 aromatic carbocycles. The second-order valence-electron chi connectivity index (χ2n) is 17.3. The van der Waals surface area contributed by atoms with Crippen LogP contribution in [0.2, 0.25) is 0 Å². The molecule has 5 N–H and O–H groups in total. The van der Waals surface area contributed by atoms with Gasteiger partial charge in [0.15, 0.2) is 22.8 Å². The molecule has 0 saturated carbocycles. The number of aromatic hydroxyl groups is 1. The molecule has 9 atom stereocenters. The molecule has 332 valence electrons. The van der Waals surface area contributed by atoms with Gasteiger partial charge in [-0.15, -0.1) is 6.58 Å². The molecule has 3 heterocycles. The van der Waals surface area contributed by atoms with Gasteiger partial charge in [0.25, 0.3) is 5.91 Å². The molecule has 2 aliphatic rings. The van der Waals surface area contributed by atoms with E-state index in [2.05, 4.69) is 16.8 Å². The van der Waals surface area contributed by atoms with Crippen molar-refractivity contribution in [3.63, 3.8) is 0 Å². The van der Waals surface area contributed by atoms with Crippen molar-refractivity contribution in [3.8, 4) is 11.5 Å². The fourth-order valence-corrected chi connectivity index (χ4v) is 8.75. The van der Waals surface area contributed by atoms with E-state index in [4.69, 9.17) is 18.9 Å². The predicted molar refractivity (Wildman–Crippen MR) is 240 cm³/mol. The second-order valence-corrected chi connectivity index (χ2v) is 17.3. The molecule has 0 unspecified atom stereocenters. The SMILES string of the molecule is C=C[C@H](C)[C@@H](C)[C@@H](OC(C)=O)[C@H](C)[C@H](O)[C@H](C)[C@@H](O)[C@@H](C)/C=C/C=C(/C)C(=O)Nc1c(=O)c2c(O)c(C)c3c(c2c2nc4c(=O)cc(N5CCCCC5)cc4oc12)=C(O)[C@H](C)O3. The molecule has 4 aromatic rings. The van der Waals surface area contributed by atoms with E-state index < -0.39 is 70.7 Å². The Morgan fingerprint density at radius 3 is 2.27 bits per heavy atom. The lowest BCUT2D eigenvalue weighted by molar-refractivity contribution is -0.158. The lowest BCUT2D eigenvalue weighted by atomic mass is 9.77.